The molecule has 2 rings (SSSR count). The third-order valence-electron chi connectivity index (χ3n) is 2.45. The molecule has 1 atom stereocenters. The van der Waals surface area contributed by atoms with Crippen LogP contribution >= 0.6 is 0 Å². The number of anilines is 1. The number of benzene rings is 1. The second kappa shape index (κ2) is 5.40. The first-order valence-electron chi connectivity index (χ1n) is 5.62. The number of urea groups is 1. The normalized spacial score (nSPS) is 16.1. The zero-order valence-corrected chi connectivity index (χ0v) is 10.3. The van der Waals surface area contributed by atoms with E-state index >= 15 is 0 Å². The van der Waals surface area contributed by atoms with Gasteiger partial charge >= 0.3 is 18.3 Å². The standard InChI is InChI=1S/C11H10F2N2O6/c12-11(13)20-7-2-1-5(3-8(7)21-11)14-10(19)15-6(4-16)9(17)18/h1-3,6,16H,4H2,(H,17,18)(H2,14,15,19)/t6-/m0/s1. The number of ether oxygens (including phenoxy) is 2. The van der Waals surface area contributed by atoms with Gasteiger partial charge < -0.3 is 30.3 Å². The van der Waals surface area contributed by atoms with Crippen LogP contribution in [0.3, 0.4) is 0 Å². The topological polar surface area (TPSA) is 117 Å². The van der Waals surface area contributed by atoms with Gasteiger partial charge in [-0.1, -0.05) is 0 Å². The maximum atomic E-state index is 12.8. The quantitative estimate of drug-likeness (QED) is 0.646. The van der Waals surface area contributed by atoms with Crippen LogP contribution in [0.15, 0.2) is 18.2 Å². The van der Waals surface area contributed by atoms with Crippen LogP contribution in [0.1, 0.15) is 0 Å². The minimum absolute atomic E-state index is 0.0784. The minimum Gasteiger partial charge on any atom is -0.480 e. The molecule has 0 unspecified atom stereocenters. The molecule has 0 saturated heterocycles. The highest BCUT2D eigenvalue weighted by Gasteiger charge is 2.43. The minimum atomic E-state index is -3.77. The third kappa shape index (κ3) is 3.48. The summed E-state index contributed by atoms with van der Waals surface area (Å²) in [6.45, 7) is -0.796. The van der Waals surface area contributed by atoms with Crippen molar-refractivity contribution >= 4 is 17.7 Å². The van der Waals surface area contributed by atoms with Crippen molar-refractivity contribution in [1.29, 1.82) is 0 Å². The maximum Gasteiger partial charge on any atom is 0.586 e. The molecule has 1 aromatic carbocycles. The van der Waals surface area contributed by atoms with Gasteiger partial charge in [-0.2, -0.15) is 0 Å². The van der Waals surface area contributed by atoms with Crippen molar-refractivity contribution in [3.63, 3.8) is 0 Å². The predicted octanol–water partition coefficient (Wildman–Crippen LogP) is 0.575. The Bertz CT molecular complexity index is 580. The number of nitrogens with one attached hydrogen (secondary N) is 2. The van der Waals surface area contributed by atoms with Gasteiger partial charge in [-0.3, -0.25) is 0 Å². The first kappa shape index (κ1) is 14.8. The summed E-state index contributed by atoms with van der Waals surface area (Å²) in [5.74, 6) is -1.88. The fourth-order valence-corrected chi connectivity index (χ4v) is 1.54. The van der Waals surface area contributed by atoms with Gasteiger partial charge in [0.1, 0.15) is 0 Å². The summed E-state index contributed by atoms with van der Waals surface area (Å²) in [7, 11) is 0. The molecule has 1 aromatic rings. The number of carbonyl (C=O) groups is 2. The van der Waals surface area contributed by atoms with E-state index in [0.29, 0.717) is 0 Å². The van der Waals surface area contributed by atoms with E-state index in [1.165, 1.54) is 6.07 Å². The number of aliphatic hydroxyl groups excluding tert-OH is 1. The molecule has 10 heteroatoms. The average Bonchev–Trinajstić information content (AvgIpc) is 2.68. The van der Waals surface area contributed by atoms with Crippen LogP contribution in [0, 0.1) is 0 Å². The molecule has 0 aromatic heterocycles. The second-order valence-corrected chi connectivity index (χ2v) is 4.00. The Morgan fingerprint density at radius 2 is 1.95 bits per heavy atom. The van der Waals surface area contributed by atoms with E-state index in [2.05, 4.69) is 14.8 Å². The van der Waals surface area contributed by atoms with E-state index in [0.717, 1.165) is 12.1 Å². The highest BCUT2D eigenvalue weighted by molar-refractivity contribution is 5.92. The number of aliphatic hydroxyl groups is 1. The van der Waals surface area contributed by atoms with Crippen LogP contribution in [-0.2, 0) is 4.79 Å². The van der Waals surface area contributed by atoms with E-state index in [9.17, 15) is 18.4 Å². The van der Waals surface area contributed by atoms with Gasteiger partial charge in [0.2, 0.25) is 0 Å². The molecule has 0 radical (unpaired) electrons. The van der Waals surface area contributed by atoms with Gasteiger partial charge in [-0.05, 0) is 12.1 Å². The Morgan fingerprint density at radius 1 is 1.29 bits per heavy atom. The van der Waals surface area contributed by atoms with Crippen LogP contribution in [0.25, 0.3) is 0 Å². The molecule has 1 aliphatic heterocycles. The summed E-state index contributed by atoms with van der Waals surface area (Å²) in [6.07, 6.45) is -3.77. The number of rotatable bonds is 4. The van der Waals surface area contributed by atoms with Crippen molar-refractivity contribution in [2.45, 2.75) is 12.3 Å². The Hall–Kier alpha value is -2.62. The number of aliphatic carboxylic acids is 1. The van der Waals surface area contributed by atoms with Crippen molar-refractivity contribution in [3.05, 3.63) is 18.2 Å². The molecule has 0 saturated carbocycles. The molecule has 0 aliphatic carbocycles. The lowest BCUT2D eigenvalue weighted by molar-refractivity contribution is -0.286. The Morgan fingerprint density at radius 3 is 2.57 bits per heavy atom. The summed E-state index contributed by atoms with van der Waals surface area (Å²) in [6, 6.07) is 1.10. The Balaban J connectivity index is 2.02. The molecule has 0 fully saturated rings. The van der Waals surface area contributed by atoms with Crippen LogP contribution < -0.4 is 20.1 Å². The van der Waals surface area contributed by atoms with Gasteiger partial charge in [-0.25, -0.2) is 9.59 Å². The lowest BCUT2D eigenvalue weighted by Gasteiger charge is -2.12. The molecule has 114 valence electrons. The fourth-order valence-electron chi connectivity index (χ4n) is 1.54. The van der Waals surface area contributed by atoms with E-state index in [-0.39, 0.29) is 17.2 Å². The van der Waals surface area contributed by atoms with E-state index < -0.39 is 30.9 Å². The SMILES string of the molecule is O=C(Nc1ccc2c(c1)OC(F)(F)O2)N[C@@H](CO)C(=O)O. The maximum absolute atomic E-state index is 12.8. The van der Waals surface area contributed by atoms with Crippen molar-refractivity contribution in [3.8, 4) is 11.5 Å². The highest BCUT2D eigenvalue weighted by atomic mass is 19.3. The number of halogens is 2. The summed E-state index contributed by atoms with van der Waals surface area (Å²) >= 11 is 0. The summed E-state index contributed by atoms with van der Waals surface area (Å²) in [4.78, 5) is 22.1. The van der Waals surface area contributed by atoms with Gasteiger partial charge in [0.15, 0.2) is 17.5 Å². The number of hydrogen-bond donors (Lipinski definition) is 4. The molecular weight excluding hydrogens is 294 g/mol. The van der Waals surface area contributed by atoms with E-state index in [1.807, 2.05) is 5.32 Å². The van der Waals surface area contributed by atoms with Crippen molar-refractivity contribution in [2.24, 2.45) is 0 Å². The van der Waals surface area contributed by atoms with Gasteiger partial charge in [0.25, 0.3) is 0 Å². The number of alkyl halides is 2. The molecular formula is C11H10F2N2O6. The average molecular weight is 304 g/mol. The number of hydrogen-bond acceptors (Lipinski definition) is 5. The Kier molecular flexibility index (Phi) is 3.80. The molecule has 1 aliphatic rings. The molecule has 1 heterocycles. The molecule has 4 N–H and O–H groups in total. The van der Waals surface area contributed by atoms with Gasteiger partial charge in [0.05, 0.1) is 6.61 Å². The summed E-state index contributed by atoms with van der Waals surface area (Å²) in [5.41, 5.74) is 0.0784. The zero-order valence-electron chi connectivity index (χ0n) is 10.3. The predicted molar refractivity (Wildman–Crippen MR) is 63.3 cm³/mol. The first-order valence-corrected chi connectivity index (χ1v) is 5.62. The Labute approximate surface area is 116 Å². The van der Waals surface area contributed by atoms with Gasteiger partial charge in [0, 0.05) is 11.8 Å². The summed E-state index contributed by atoms with van der Waals surface area (Å²) in [5, 5.41) is 21.6. The summed E-state index contributed by atoms with van der Waals surface area (Å²) < 4.78 is 34.0. The number of carboxylic acids is 1. The van der Waals surface area contributed by atoms with E-state index in [1.54, 1.807) is 0 Å². The van der Waals surface area contributed by atoms with Crippen LogP contribution in [-0.4, -0.2) is 41.2 Å². The number of amides is 2. The lowest BCUT2D eigenvalue weighted by Crippen LogP contribution is -2.45. The van der Waals surface area contributed by atoms with Gasteiger partial charge in [-0.15, -0.1) is 8.78 Å². The smallest absolute Gasteiger partial charge is 0.480 e. The number of fused-ring (bicyclic) bond motifs is 1. The molecule has 2 amide bonds. The van der Waals surface area contributed by atoms with Crippen LogP contribution in [0.2, 0.25) is 0 Å². The van der Waals surface area contributed by atoms with Crippen LogP contribution in [0.5, 0.6) is 11.5 Å². The second-order valence-electron chi connectivity index (χ2n) is 4.00. The molecule has 8 nitrogen and oxygen atoms in total. The highest BCUT2D eigenvalue weighted by Crippen LogP contribution is 2.42. The molecule has 21 heavy (non-hydrogen) atoms. The fraction of sp³-hybridized carbons (Fsp3) is 0.273. The van der Waals surface area contributed by atoms with Crippen LogP contribution in [0.4, 0.5) is 19.3 Å². The zero-order chi connectivity index (χ0) is 15.6. The van der Waals surface area contributed by atoms with Crippen molar-refractivity contribution in [2.75, 3.05) is 11.9 Å². The van der Waals surface area contributed by atoms with E-state index in [4.69, 9.17) is 10.2 Å². The number of carboxylic acid groups (broad SMARTS) is 1. The molecule has 0 spiro atoms. The van der Waals surface area contributed by atoms with Crippen molar-refractivity contribution in [1.82, 2.24) is 5.32 Å². The first-order chi connectivity index (χ1) is 9.80. The largest absolute Gasteiger partial charge is 0.586 e. The third-order valence-corrected chi connectivity index (χ3v) is 2.45. The monoisotopic (exact) mass is 304 g/mol. The number of carbonyl (C=O) groups excluding carboxylic acids is 1. The van der Waals surface area contributed by atoms with Crippen molar-refractivity contribution < 1.29 is 38.1 Å². The lowest BCUT2D eigenvalue weighted by atomic mass is 10.3. The molecule has 0 bridgehead atoms.